The lowest BCUT2D eigenvalue weighted by atomic mass is 10.1. The number of piperazine rings is 1. The summed E-state index contributed by atoms with van der Waals surface area (Å²) in [5.41, 5.74) is 0.488. The smallest absolute Gasteiger partial charge is 0.333 e. The van der Waals surface area contributed by atoms with Gasteiger partial charge in [-0.3, -0.25) is 15.0 Å². The second-order valence-electron chi connectivity index (χ2n) is 6.03. The molecule has 1 atom stereocenters. The van der Waals surface area contributed by atoms with Crippen LogP contribution in [0.1, 0.15) is 5.56 Å². The summed E-state index contributed by atoms with van der Waals surface area (Å²) in [5.74, 6) is 0.316. The van der Waals surface area contributed by atoms with Crippen LogP contribution in [0, 0.1) is 10.1 Å². The number of nitro benzene ring substituents is 1. The summed E-state index contributed by atoms with van der Waals surface area (Å²) >= 11 is 0. The SMILES string of the molecule is O=C=C1C(C(=O)O)N(c2ccccc2[N+](=O)[O-])CCN1OCc1ccccc1. The van der Waals surface area contributed by atoms with Crippen LogP contribution in [-0.4, -0.2) is 46.1 Å². The first-order chi connectivity index (χ1) is 13.5. The van der Waals surface area contributed by atoms with Crippen LogP contribution in [0.3, 0.4) is 0 Å². The summed E-state index contributed by atoms with van der Waals surface area (Å²) in [6.07, 6.45) is 0. The molecule has 2 aromatic carbocycles. The monoisotopic (exact) mass is 383 g/mol. The van der Waals surface area contributed by atoms with Crippen molar-refractivity contribution in [2.45, 2.75) is 12.6 Å². The van der Waals surface area contributed by atoms with Gasteiger partial charge in [0.25, 0.3) is 5.69 Å². The van der Waals surface area contributed by atoms with Gasteiger partial charge in [-0.05, 0) is 11.6 Å². The van der Waals surface area contributed by atoms with Crippen molar-refractivity contribution in [2.75, 3.05) is 18.0 Å². The van der Waals surface area contributed by atoms with Gasteiger partial charge in [-0.1, -0.05) is 42.5 Å². The van der Waals surface area contributed by atoms with Gasteiger partial charge in [-0.2, -0.15) is 0 Å². The van der Waals surface area contributed by atoms with Crippen LogP contribution in [0.15, 0.2) is 60.3 Å². The number of carboxylic acids is 1. The molecule has 1 unspecified atom stereocenters. The van der Waals surface area contributed by atoms with Gasteiger partial charge in [-0.15, -0.1) is 0 Å². The molecule has 1 aliphatic rings. The molecule has 0 bridgehead atoms. The summed E-state index contributed by atoms with van der Waals surface area (Å²) in [7, 11) is 0. The number of benzene rings is 2. The number of carboxylic acid groups (broad SMARTS) is 1. The second-order valence-corrected chi connectivity index (χ2v) is 6.03. The lowest BCUT2D eigenvalue weighted by Crippen LogP contribution is -2.55. The van der Waals surface area contributed by atoms with Crippen molar-refractivity contribution in [1.29, 1.82) is 0 Å². The molecule has 2 aromatic rings. The van der Waals surface area contributed by atoms with E-state index in [0.29, 0.717) is 0 Å². The Morgan fingerprint density at radius 3 is 2.50 bits per heavy atom. The Bertz CT molecular complexity index is 926. The number of carbonyl (C=O) groups excluding carboxylic acids is 1. The molecule has 3 rings (SSSR count). The lowest BCUT2D eigenvalue weighted by molar-refractivity contribution is -0.384. The van der Waals surface area contributed by atoms with Crippen LogP contribution in [0.25, 0.3) is 0 Å². The molecular weight excluding hydrogens is 366 g/mol. The minimum Gasteiger partial charge on any atom is -0.479 e. The van der Waals surface area contributed by atoms with Crippen LogP contribution in [0.5, 0.6) is 0 Å². The van der Waals surface area contributed by atoms with E-state index in [-0.39, 0.29) is 36.8 Å². The zero-order chi connectivity index (χ0) is 20.1. The molecule has 28 heavy (non-hydrogen) atoms. The first kappa shape index (κ1) is 19.1. The summed E-state index contributed by atoms with van der Waals surface area (Å²) in [5, 5.41) is 22.2. The molecule has 0 aromatic heterocycles. The zero-order valence-electron chi connectivity index (χ0n) is 14.7. The summed E-state index contributed by atoms with van der Waals surface area (Å²) in [6.45, 7) is 0.402. The fourth-order valence-corrected chi connectivity index (χ4v) is 3.07. The maximum atomic E-state index is 11.9. The largest absolute Gasteiger partial charge is 0.479 e. The molecule has 9 heteroatoms. The Balaban J connectivity index is 1.88. The van der Waals surface area contributed by atoms with Gasteiger partial charge in [0, 0.05) is 12.6 Å². The van der Waals surface area contributed by atoms with Crippen LogP contribution in [0.2, 0.25) is 0 Å². The minimum absolute atomic E-state index is 0.113. The van der Waals surface area contributed by atoms with Crippen molar-refractivity contribution >= 4 is 23.3 Å². The maximum absolute atomic E-state index is 11.9. The van der Waals surface area contributed by atoms with Gasteiger partial charge < -0.3 is 10.0 Å². The van der Waals surface area contributed by atoms with E-state index in [1.807, 2.05) is 30.3 Å². The average Bonchev–Trinajstić information content (AvgIpc) is 2.72. The number of hydroxylamine groups is 2. The highest BCUT2D eigenvalue weighted by molar-refractivity contribution is 5.87. The predicted molar refractivity (Wildman–Crippen MR) is 99.0 cm³/mol. The van der Waals surface area contributed by atoms with Gasteiger partial charge in [-0.25, -0.2) is 14.7 Å². The first-order valence-corrected chi connectivity index (χ1v) is 8.45. The number of rotatable bonds is 6. The highest BCUT2D eigenvalue weighted by atomic mass is 16.7. The van der Waals surface area contributed by atoms with Crippen molar-refractivity contribution < 1.29 is 24.5 Å². The Hall–Kier alpha value is -3.68. The van der Waals surface area contributed by atoms with Gasteiger partial charge in [0.2, 0.25) is 0 Å². The molecule has 0 aliphatic carbocycles. The van der Waals surface area contributed by atoms with Crippen molar-refractivity contribution in [2.24, 2.45) is 0 Å². The van der Waals surface area contributed by atoms with Crippen LogP contribution in [-0.2, 0) is 21.0 Å². The molecule has 0 saturated carbocycles. The van der Waals surface area contributed by atoms with Crippen molar-refractivity contribution in [3.63, 3.8) is 0 Å². The number of para-hydroxylation sites is 2. The summed E-state index contributed by atoms with van der Waals surface area (Å²) < 4.78 is 0. The number of hydrogen-bond donors (Lipinski definition) is 1. The second kappa shape index (κ2) is 8.34. The fourth-order valence-electron chi connectivity index (χ4n) is 3.07. The quantitative estimate of drug-likeness (QED) is 0.458. The Kier molecular flexibility index (Phi) is 5.69. The normalized spacial score (nSPS) is 16.6. The average molecular weight is 383 g/mol. The van der Waals surface area contributed by atoms with E-state index in [2.05, 4.69) is 0 Å². The molecule has 1 saturated heterocycles. The van der Waals surface area contributed by atoms with Crippen molar-refractivity contribution in [1.82, 2.24) is 5.06 Å². The molecule has 1 aliphatic heterocycles. The standard InChI is InChI=1S/C19H17N3O6/c23-12-17-18(19(24)25)20(15-8-4-5-9-16(15)22(26)27)10-11-21(17)28-13-14-6-2-1-3-7-14/h1-9,18H,10-11,13H2,(H,24,25). The molecule has 9 nitrogen and oxygen atoms in total. The van der Waals surface area contributed by atoms with Crippen molar-refractivity contribution in [3.05, 3.63) is 76.0 Å². The van der Waals surface area contributed by atoms with E-state index in [9.17, 15) is 24.8 Å². The number of carbonyl (C=O) groups is 1. The topological polar surface area (TPSA) is 113 Å². The molecule has 0 radical (unpaired) electrons. The highest BCUT2D eigenvalue weighted by Crippen LogP contribution is 2.33. The van der Waals surface area contributed by atoms with Gasteiger partial charge in [0.15, 0.2) is 17.7 Å². The molecular formula is C19H17N3O6. The number of aliphatic carboxylic acids is 1. The van der Waals surface area contributed by atoms with Gasteiger partial charge >= 0.3 is 5.97 Å². The van der Waals surface area contributed by atoms with Gasteiger partial charge in [0.1, 0.15) is 5.69 Å². The molecule has 1 heterocycles. The molecule has 144 valence electrons. The van der Waals surface area contributed by atoms with E-state index < -0.39 is 16.9 Å². The molecule has 0 spiro atoms. The highest BCUT2D eigenvalue weighted by Gasteiger charge is 2.41. The third-order valence-electron chi connectivity index (χ3n) is 4.34. The summed E-state index contributed by atoms with van der Waals surface area (Å²) in [4.78, 5) is 41.2. The maximum Gasteiger partial charge on any atom is 0.333 e. The Morgan fingerprint density at radius 1 is 1.18 bits per heavy atom. The number of hydrogen-bond acceptors (Lipinski definition) is 7. The predicted octanol–water partition coefficient (Wildman–Crippen LogP) is 2.02. The molecule has 0 amide bonds. The lowest BCUT2D eigenvalue weighted by Gasteiger charge is -2.40. The number of anilines is 1. The fraction of sp³-hybridized carbons (Fsp3) is 0.211. The van der Waals surface area contributed by atoms with E-state index >= 15 is 0 Å². The Morgan fingerprint density at radius 2 is 1.86 bits per heavy atom. The molecule has 1 fully saturated rings. The van der Waals surface area contributed by atoms with E-state index in [0.717, 1.165) is 5.56 Å². The van der Waals surface area contributed by atoms with Gasteiger partial charge in [0.05, 0.1) is 18.1 Å². The van der Waals surface area contributed by atoms with E-state index in [1.54, 1.807) is 12.0 Å². The number of nitro groups is 1. The number of nitrogens with zero attached hydrogens (tertiary/aromatic N) is 3. The third kappa shape index (κ3) is 3.85. The van der Waals surface area contributed by atoms with Crippen LogP contribution in [0.4, 0.5) is 11.4 Å². The third-order valence-corrected chi connectivity index (χ3v) is 4.34. The first-order valence-electron chi connectivity index (χ1n) is 8.45. The molecule has 1 N–H and O–H groups in total. The Labute approximate surface area is 160 Å². The van der Waals surface area contributed by atoms with E-state index in [1.165, 1.54) is 28.2 Å². The van der Waals surface area contributed by atoms with Crippen LogP contribution < -0.4 is 4.90 Å². The summed E-state index contributed by atoms with van der Waals surface area (Å²) in [6, 6.07) is 13.5. The van der Waals surface area contributed by atoms with Crippen LogP contribution >= 0.6 is 0 Å². The zero-order valence-corrected chi connectivity index (χ0v) is 14.7. The van der Waals surface area contributed by atoms with E-state index in [4.69, 9.17) is 4.84 Å². The minimum atomic E-state index is -1.46. The van der Waals surface area contributed by atoms with Crippen molar-refractivity contribution in [3.8, 4) is 0 Å².